The van der Waals surface area contributed by atoms with Crippen molar-refractivity contribution in [3.8, 4) is 17.2 Å². The first kappa shape index (κ1) is 21.5. The minimum atomic E-state index is -0.638. The zero-order valence-corrected chi connectivity index (χ0v) is 18.5. The predicted octanol–water partition coefficient (Wildman–Crippen LogP) is 5.64. The number of carbonyl (C=O) groups excluding carboxylic acids is 2. The van der Waals surface area contributed by atoms with E-state index in [2.05, 4.69) is 4.57 Å². The van der Waals surface area contributed by atoms with Crippen LogP contribution in [0.3, 0.4) is 0 Å². The number of methoxy groups -OCH3 is 1. The third-order valence-corrected chi connectivity index (χ3v) is 5.68. The first-order valence-electron chi connectivity index (χ1n) is 10.7. The third kappa shape index (κ3) is 3.81. The van der Waals surface area contributed by atoms with E-state index in [0.717, 1.165) is 28.8 Å². The molecule has 0 amide bonds. The molecular weight excluding hydrogens is 437 g/mol. The molecule has 2 heterocycles. The number of esters is 1. The van der Waals surface area contributed by atoms with Crippen LogP contribution in [-0.2, 0) is 6.54 Å². The molecule has 6 nitrogen and oxygen atoms in total. The monoisotopic (exact) mass is 457 g/mol. The van der Waals surface area contributed by atoms with Crippen molar-refractivity contribution < 1.29 is 28.2 Å². The summed E-state index contributed by atoms with van der Waals surface area (Å²) in [4.78, 5) is 25.3. The zero-order chi connectivity index (χ0) is 23.8. The minimum absolute atomic E-state index is 0.176. The molecule has 7 heteroatoms. The maximum absolute atomic E-state index is 13.1. The Balaban J connectivity index is 1.43. The second-order valence-corrected chi connectivity index (χ2v) is 7.75. The van der Waals surface area contributed by atoms with Gasteiger partial charge in [-0.1, -0.05) is 0 Å². The molecule has 170 valence electrons. The summed E-state index contributed by atoms with van der Waals surface area (Å²) in [6.07, 6.45) is 3.67. The number of halogens is 1. The first-order valence-corrected chi connectivity index (χ1v) is 10.7. The van der Waals surface area contributed by atoms with Gasteiger partial charge in [0.05, 0.1) is 18.2 Å². The van der Waals surface area contributed by atoms with E-state index in [1.165, 1.54) is 36.4 Å². The summed E-state index contributed by atoms with van der Waals surface area (Å²) in [5, 5.41) is 0.940. The lowest BCUT2D eigenvalue weighted by Crippen LogP contribution is -2.08. The second kappa shape index (κ2) is 8.51. The molecule has 3 aromatic carbocycles. The average molecular weight is 457 g/mol. The van der Waals surface area contributed by atoms with Crippen LogP contribution in [0.1, 0.15) is 33.2 Å². The van der Waals surface area contributed by atoms with Crippen molar-refractivity contribution in [3.05, 3.63) is 95.1 Å². The van der Waals surface area contributed by atoms with Crippen molar-refractivity contribution in [1.82, 2.24) is 4.57 Å². The smallest absolute Gasteiger partial charge is 0.343 e. The molecule has 0 saturated heterocycles. The lowest BCUT2D eigenvalue weighted by Gasteiger charge is -2.05. The highest BCUT2D eigenvalue weighted by Gasteiger charge is 2.28. The predicted molar refractivity (Wildman–Crippen MR) is 125 cm³/mol. The standard InChI is InChI=1S/C27H20FNO5/c1-3-29-15-17(22-13-19(32-2)9-11-23(22)29)12-25-26(30)21-10-8-20(14-24(21)34-25)33-27(31)16-4-6-18(28)7-5-16/h4-15H,3H2,1-2H3. The van der Waals surface area contributed by atoms with Crippen molar-refractivity contribution in [2.24, 2.45) is 0 Å². The Morgan fingerprint density at radius 2 is 1.82 bits per heavy atom. The van der Waals surface area contributed by atoms with Crippen LogP contribution >= 0.6 is 0 Å². The number of Topliss-reactive ketones (excluding diaryl/α,β-unsaturated/α-hetero) is 1. The van der Waals surface area contributed by atoms with Crippen LogP contribution in [0.2, 0.25) is 0 Å². The molecule has 0 saturated carbocycles. The lowest BCUT2D eigenvalue weighted by molar-refractivity contribution is 0.0734. The molecule has 34 heavy (non-hydrogen) atoms. The molecule has 1 aliphatic heterocycles. The summed E-state index contributed by atoms with van der Waals surface area (Å²) in [5.74, 6) is 0.0753. The largest absolute Gasteiger partial charge is 0.497 e. The van der Waals surface area contributed by atoms with Gasteiger partial charge in [-0.05, 0) is 67.6 Å². The van der Waals surface area contributed by atoms with Gasteiger partial charge in [-0.15, -0.1) is 0 Å². The van der Waals surface area contributed by atoms with Gasteiger partial charge in [0.15, 0.2) is 5.76 Å². The van der Waals surface area contributed by atoms with E-state index in [0.29, 0.717) is 11.3 Å². The van der Waals surface area contributed by atoms with E-state index in [9.17, 15) is 14.0 Å². The maximum atomic E-state index is 13.1. The van der Waals surface area contributed by atoms with Crippen molar-refractivity contribution >= 4 is 28.7 Å². The van der Waals surface area contributed by atoms with E-state index in [1.807, 2.05) is 31.3 Å². The number of ketones is 1. The van der Waals surface area contributed by atoms with Gasteiger partial charge in [-0.25, -0.2) is 9.18 Å². The Hall–Kier alpha value is -4.39. The summed E-state index contributed by atoms with van der Waals surface area (Å²) in [6, 6.07) is 15.4. The van der Waals surface area contributed by atoms with E-state index in [1.54, 1.807) is 19.3 Å². The van der Waals surface area contributed by atoms with Gasteiger partial charge < -0.3 is 18.8 Å². The molecule has 0 unspecified atom stereocenters. The highest BCUT2D eigenvalue weighted by molar-refractivity contribution is 6.15. The average Bonchev–Trinajstić information content (AvgIpc) is 3.35. The van der Waals surface area contributed by atoms with Crippen molar-refractivity contribution in [1.29, 1.82) is 0 Å². The molecule has 1 aliphatic rings. The van der Waals surface area contributed by atoms with Gasteiger partial charge in [0.25, 0.3) is 0 Å². The molecule has 0 N–H and O–H groups in total. The number of hydrogen-bond donors (Lipinski definition) is 0. The summed E-state index contributed by atoms with van der Waals surface area (Å²) in [5.41, 5.74) is 2.44. The number of allylic oxidation sites excluding steroid dienone is 1. The summed E-state index contributed by atoms with van der Waals surface area (Å²) in [6.45, 7) is 2.81. The summed E-state index contributed by atoms with van der Waals surface area (Å²) < 4.78 is 31.7. The molecule has 5 rings (SSSR count). The quantitative estimate of drug-likeness (QED) is 0.220. The van der Waals surface area contributed by atoms with Crippen LogP contribution in [0.15, 0.2) is 72.6 Å². The summed E-state index contributed by atoms with van der Waals surface area (Å²) in [7, 11) is 1.61. The molecule has 0 spiro atoms. The van der Waals surface area contributed by atoms with Gasteiger partial charge in [0.1, 0.15) is 23.1 Å². The third-order valence-electron chi connectivity index (χ3n) is 5.68. The fraction of sp³-hybridized carbons (Fsp3) is 0.111. The zero-order valence-electron chi connectivity index (χ0n) is 18.5. The van der Waals surface area contributed by atoms with Crippen LogP contribution in [0.25, 0.3) is 17.0 Å². The van der Waals surface area contributed by atoms with Crippen molar-refractivity contribution in [2.45, 2.75) is 13.5 Å². The summed E-state index contributed by atoms with van der Waals surface area (Å²) >= 11 is 0. The SMILES string of the molecule is CCn1cc(C=C2Oc3cc(OC(=O)c4ccc(F)cc4)ccc3C2=O)c2cc(OC)ccc21. The second-order valence-electron chi connectivity index (χ2n) is 7.75. The Morgan fingerprint density at radius 3 is 2.56 bits per heavy atom. The van der Waals surface area contributed by atoms with Gasteiger partial charge >= 0.3 is 5.97 Å². The Labute approximate surface area is 194 Å². The minimum Gasteiger partial charge on any atom is -0.497 e. The van der Waals surface area contributed by atoms with Crippen LogP contribution in [0.5, 0.6) is 17.2 Å². The number of carbonyl (C=O) groups is 2. The number of fused-ring (bicyclic) bond motifs is 2. The Bertz CT molecular complexity index is 1470. The fourth-order valence-electron chi connectivity index (χ4n) is 3.93. The van der Waals surface area contributed by atoms with Gasteiger partial charge in [0, 0.05) is 35.3 Å². The highest BCUT2D eigenvalue weighted by atomic mass is 19.1. The molecule has 0 bridgehead atoms. The number of ether oxygens (including phenoxy) is 3. The van der Waals surface area contributed by atoms with Crippen molar-refractivity contribution in [3.63, 3.8) is 0 Å². The first-order chi connectivity index (χ1) is 16.5. The molecule has 0 fully saturated rings. The Kier molecular flexibility index (Phi) is 5.37. The number of hydrogen-bond acceptors (Lipinski definition) is 5. The number of benzene rings is 3. The number of aromatic nitrogens is 1. The van der Waals surface area contributed by atoms with Crippen LogP contribution < -0.4 is 14.2 Å². The van der Waals surface area contributed by atoms with Crippen molar-refractivity contribution in [2.75, 3.05) is 7.11 Å². The molecular formula is C27H20FNO5. The van der Waals surface area contributed by atoms with E-state index < -0.39 is 11.8 Å². The fourth-order valence-corrected chi connectivity index (χ4v) is 3.93. The molecule has 0 aliphatic carbocycles. The number of nitrogens with zero attached hydrogens (tertiary/aromatic N) is 1. The van der Waals surface area contributed by atoms with Crippen LogP contribution in [0.4, 0.5) is 4.39 Å². The lowest BCUT2D eigenvalue weighted by atomic mass is 10.1. The van der Waals surface area contributed by atoms with E-state index >= 15 is 0 Å². The normalized spacial score (nSPS) is 13.7. The van der Waals surface area contributed by atoms with Crippen LogP contribution in [0, 0.1) is 5.82 Å². The highest BCUT2D eigenvalue weighted by Crippen LogP contribution is 2.36. The molecule has 4 aromatic rings. The van der Waals surface area contributed by atoms with Gasteiger partial charge in [0.2, 0.25) is 5.78 Å². The molecule has 0 radical (unpaired) electrons. The topological polar surface area (TPSA) is 66.8 Å². The van der Waals surface area contributed by atoms with Gasteiger partial charge in [-0.3, -0.25) is 4.79 Å². The maximum Gasteiger partial charge on any atom is 0.343 e. The van der Waals surface area contributed by atoms with E-state index in [4.69, 9.17) is 14.2 Å². The number of rotatable bonds is 5. The van der Waals surface area contributed by atoms with E-state index in [-0.39, 0.29) is 22.9 Å². The Morgan fingerprint density at radius 1 is 1.06 bits per heavy atom. The number of aryl methyl sites for hydroxylation is 1. The van der Waals surface area contributed by atoms with Gasteiger partial charge in [-0.2, -0.15) is 0 Å². The molecule has 0 atom stereocenters. The molecule has 1 aromatic heterocycles. The van der Waals surface area contributed by atoms with Crippen LogP contribution in [-0.4, -0.2) is 23.4 Å².